The molecule has 0 amide bonds. The van der Waals surface area contributed by atoms with Crippen molar-refractivity contribution >= 4 is 0 Å². The molecule has 0 saturated heterocycles. The molecule has 8 heteroatoms. The van der Waals surface area contributed by atoms with Crippen LogP contribution in [0.1, 0.15) is 0 Å². The van der Waals surface area contributed by atoms with Crippen molar-refractivity contribution < 1.29 is 52.0 Å². The third-order valence-corrected chi connectivity index (χ3v) is 0. The van der Waals surface area contributed by atoms with Crippen LogP contribution in [0.15, 0.2) is 0 Å². The Hall–Kier alpha value is -0.0312. The zero-order valence-electron chi connectivity index (χ0n) is 3.34. The van der Waals surface area contributed by atoms with Crippen molar-refractivity contribution in [2.24, 2.45) is 0 Å². The Kier molecular flexibility index (Phi) is 9.46. The first kappa shape index (κ1) is 10.9. The van der Waals surface area contributed by atoms with E-state index in [1.54, 1.807) is 0 Å². The minimum absolute atomic E-state index is 3.94. The summed E-state index contributed by atoms with van der Waals surface area (Å²) in [6.07, 6.45) is 0. The van der Waals surface area contributed by atoms with E-state index in [0.717, 1.165) is 0 Å². The van der Waals surface area contributed by atoms with Gasteiger partial charge in [-0.15, -0.1) is 0 Å². The fraction of sp³-hybridized carbons (Fsp3) is 0. The molecule has 0 N–H and O–H groups in total. The summed E-state index contributed by atoms with van der Waals surface area (Å²) in [6, 6.07) is 0. The van der Waals surface area contributed by atoms with Gasteiger partial charge in [-0.1, -0.05) is 0 Å². The maximum absolute atomic E-state index is 8.56. The second-order valence-electron chi connectivity index (χ2n) is 0.447. The molecule has 0 aliphatic heterocycles. The fourth-order valence-corrected chi connectivity index (χ4v) is 0. The van der Waals surface area contributed by atoms with Crippen molar-refractivity contribution in [2.45, 2.75) is 0 Å². The van der Waals surface area contributed by atoms with E-state index in [4.69, 9.17) is 22.0 Å². The Morgan fingerprint density at radius 3 is 0.500 bits per heavy atom. The van der Waals surface area contributed by atoms with Gasteiger partial charge < -0.3 is 0 Å². The van der Waals surface area contributed by atoms with E-state index in [1.807, 2.05) is 0 Å². The third kappa shape index (κ3) is 152000. The van der Waals surface area contributed by atoms with Crippen LogP contribution < -0.4 is 0 Å². The summed E-state index contributed by atoms with van der Waals surface area (Å²) in [5.41, 5.74) is 0. The van der Waals surface area contributed by atoms with Crippen molar-refractivity contribution in [3.63, 3.8) is 0 Å². The Morgan fingerprint density at radius 2 is 0.500 bits per heavy atom. The van der Waals surface area contributed by atoms with Crippen molar-refractivity contribution in [1.82, 2.24) is 0 Å². The molecule has 0 heterocycles. The summed E-state index contributed by atoms with van der Waals surface area (Å²) >= 11 is -7.88. The summed E-state index contributed by atoms with van der Waals surface area (Å²) in [7, 11) is 0. The molecule has 0 aromatic carbocycles. The molecular formula is O6V2. The van der Waals surface area contributed by atoms with Crippen LogP contribution in [0.3, 0.4) is 0 Å². The van der Waals surface area contributed by atoms with Gasteiger partial charge in [0.05, 0.1) is 0 Å². The molecule has 8 heavy (non-hydrogen) atoms. The molecule has 0 fully saturated rings. The first-order valence-electron chi connectivity index (χ1n) is 1.10. The van der Waals surface area contributed by atoms with Crippen molar-refractivity contribution in [2.75, 3.05) is 0 Å². The van der Waals surface area contributed by atoms with Crippen LogP contribution in [0, 0.1) is 0 Å². The van der Waals surface area contributed by atoms with Crippen LogP contribution in [0.4, 0.5) is 0 Å². The van der Waals surface area contributed by atoms with Crippen molar-refractivity contribution in [1.29, 1.82) is 0 Å². The normalized spacial score (nSPS) is 6.00. The van der Waals surface area contributed by atoms with Gasteiger partial charge in [0.2, 0.25) is 0 Å². The number of hydrogen-bond donors (Lipinski definition) is 0. The molecule has 0 aromatic heterocycles. The van der Waals surface area contributed by atoms with Gasteiger partial charge >= 0.3 is 52.0 Å². The Balaban J connectivity index is 0. The topological polar surface area (TPSA) is 102 Å². The predicted molar refractivity (Wildman–Crippen MR) is 4.12 cm³/mol. The molecule has 46 valence electrons. The second kappa shape index (κ2) is 6.97. The molecule has 0 saturated carbocycles. The first-order chi connectivity index (χ1) is 3.46. The molecule has 0 aliphatic rings. The quantitative estimate of drug-likeness (QED) is 0.508. The third-order valence-electron chi connectivity index (χ3n) is 0. The number of rotatable bonds is 0. The first-order valence-corrected chi connectivity index (χ1v) is 4.52. The van der Waals surface area contributed by atoms with Crippen LogP contribution in [-0.2, 0) is 52.0 Å². The summed E-state index contributed by atoms with van der Waals surface area (Å²) in [5.74, 6) is 0. The summed E-state index contributed by atoms with van der Waals surface area (Å²) < 4.78 is 51.4. The molecule has 0 aromatic rings. The molecule has 0 atom stereocenters. The molecule has 0 bridgehead atoms. The number of hydrogen-bond acceptors (Lipinski definition) is 6. The SMILES string of the molecule is [O]=[V](=[O])=[O].[O]=[V](=[O])=[O]. The van der Waals surface area contributed by atoms with E-state index in [1.165, 1.54) is 0 Å². The monoisotopic (exact) mass is 198 g/mol. The van der Waals surface area contributed by atoms with Crippen LogP contribution in [0.25, 0.3) is 0 Å². The average molecular weight is 198 g/mol. The summed E-state index contributed by atoms with van der Waals surface area (Å²) in [5, 5.41) is 0. The van der Waals surface area contributed by atoms with E-state index in [2.05, 4.69) is 0 Å². The second-order valence-corrected chi connectivity index (χ2v) is 1.84. The molecule has 6 nitrogen and oxygen atoms in total. The minimum atomic E-state index is -3.94. The Labute approximate surface area is 52.3 Å². The van der Waals surface area contributed by atoms with E-state index >= 15 is 0 Å². The van der Waals surface area contributed by atoms with Gasteiger partial charge in [0.1, 0.15) is 0 Å². The van der Waals surface area contributed by atoms with Gasteiger partial charge in [0, 0.05) is 0 Å². The van der Waals surface area contributed by atoms with Crippen LogP contribution in [0.2, 0.25) is 0 Å². The van der Waals surface area contributed by atoms with Crippen LogP contribution >= 0.6 is 0 Å². The van der Waals surface area contributed by atoms with E-state index < -0.39 is 30.0 Å². The van der Waals surface area contributed by atoms with Gasteiger partial charge in [0.15, 0.2) is 0 Å². The molecule has 0 spiro atoms. The Morgan fingerprint density at radius 1 is 0.500 bits per heavy atom. The van der Waals surface area contributed by atoms with Crippen LogP contribution in [0.5, 0.6) is 0 Å². The average Bonchev–Trinajstić information content (AvgIpc) is 1.25. The van der Waals surface area contributed by atoms with Gasteiger partial charge in [-0.05, 0) is 0 Å². The fourth-order valence-electron chi connectivity index (χ4n) is 0. The maximum atomic E-state index is 8.56. The van der Waals surface area contributed by atoms with E-state index in [9.17, 15) is 0 Å². The standard InChI is InChI=1S/6O.2V. The predicted octanol–water partition coefficient (Wildman–Crippen LogP) is -0.718. The molecule has 0 unspecified atom stereocenters. The van der Waals surface area contributed by atoms with Crippen molar-refractivity contribution in [3.05, 3.63) is 0 Å². The van der Waals surface area contributed by atoms with E-state index in [0.29, 0.717) is 0 Å². The molecule has 0 aliphatic carbocycles. The molecular weight excluding hydrogens is 198 g/mol. The van der Waals surface area contributed by atoms with Gasteiger partial charge in [-0.2, -0.15) is 0 Å². The molecule has 0 rings (SSSR count). The zero-order chi connectivity index (χ0) is 7.15. The van der Waals surface area contributed by atoms with Gasteiger partial charge in [-0.25, -0.2) is 0 Å². The van der Waals surface area contributed by atoms with Crippen LogP contribution in [-0.4, -0.2) is 0 Å². The zero-order valence-corrected chi connectivity index (χ0v) is 6.14. The van der Waals surface area contributed by atoms with Gasteiger partial charge in [0.25, 0.3) is 0 Å². The van der Waals surface area contributed by atoms with Crippen molar-refractivity contribution in [3.8, 4) is 0 Å². The summed E-state index contributed by atoms with van der Waals surface area (Å²) in [6.45, 7) is 0. The van der Waals surface area contributed by atoms with Gasteiger partial charge in [-0.3, -0.25) is 0 Å². The Bertz CT molecular complexity index is 175. The summed E-state index contributed by atoms with van der Waals surface area (Å²) in [4.78, 5) is 0. The van der Waals surface area contributed by atoms with E-state index in [-0.39, 0.29) is 0 Å². The molecule has 0 radical (unpaired) electrons.